The van der Waals surface area contributed by atoms with E-state index in [0.29, 0.717) is 33.9 Å². The molecule has 0 radical (unpaired) electrons. The number of hydrogen-bond acceptors (Lipinski definition) is 5. The van der Waals surface area contributed by atoms with Gasteiger partial charge < -0.3 is 16.0 Å². The highest BCUT2D eigenvalue weighted by molar-refractivity contribution is 6.00. The van der Waals surface area contributed by atoms with Crippen molar-refractivity contribution in [3.8, 4) is 11.3 Å². The number of carbonyl (C=O) groups is 1. The SMILES string of the molecule is C=CC(=O)Nc1ccc(Nc2ccc(F)cc2F)c(-c2nn(C)c(=O)c(NC)c2C)c1. The molecular weight excluding hydrogens is 404 g/mol. The summed E-state index contributed by atoms with van der Waals surface area (Å²) in [6, 6.07) is 8.08. The van der Waals surface area contributed by atoms with Crippen molar-refractivity contribution < 1.29 is 13.6 Å². The molecule has 160 valence electrons. The normalized spacial score (nSPS) is 10.5. The summed E-state index contributed by atoms with van der Waals surface area (Å²) in [6.07, 6.45) is 1.13. The average Bonchev–Trinajstić information content (AvgIpc) is 2.74. The number of halogens is 2. The summed E-state index contributed by atoms with van der Waals surface area (Å²) in [5.41, 5.74) is 2.50. The minimum atomic E-state index is -0.768. The third kappa shape index (κ3) is 4.45. The Morgan fingerprint density at radius 2 is 1.87 bits per heavy atom. The third-order valence-electron chi connectivity index (χ3n) is 4.67. The van der Waals surface area contributed by atoms with E-state index in [4.69, 9.17) is 0 Å². The second-order valence-electron chi connectivity index (χ2n) is 6.73. The van der Waals surface area contributed by atoms with Gasteiger partial charge in [-0.05, 0) is 43.3 Å². The smallest absolute Gasteiger partial charge is 0.290 e. The molecule has 3 aromatic rings. The Morgan fingerprint density at radius 1 is 1.16 bits per heavy atom. The van der Waals surface area contributed by atoms with Gasteiger partial charge in [-0.1, -0.05) is 6.58 Å². The molecule has 0 unspecified atom stereocenters. The predicted molar refractivity (Wildman–Crippen MR) is 118 cm³/mol. The van der Waals surface area contributed by atoms with Crippen LogP contribution in [-0.4, -0.2) is 22.7 Å². The van der Waals surface area contributed by atoms with Gasteiger partial charge in [0.05, 0.1) is 11.4 Å². The number of aromatic nitrogens is 2. The van der Waals surface area contributed by atoms with E-state index >= 15 is 0 Å². The topological polar surface area (TPSA) is 88.1 Å². The molecule has 7 nitrogen and oxygen atoms in total. The van der Waals surface area contributed by atoms with Gasteiger partial charge in [0.2, 0.25) is 5.91 Å². The fourth-order valence-corrected chi connectivity index (χ4v) is 3.12. The van der Waals surface area contributed by atoms with E-state index in [1.54, 1.807) is 32.2 Å². The highest BCUT2D eigenvalue weighted by atomic mass is 19.1. The Labute approximate surface area is 177 Å². The second-order valence-corrected chi connectivity index (χ2v) is 6.73. The molecule has 0 spiro atoms. The second kappa shape index (κ2) is 8.78. The van der Waals surface area contributed by atoms with E-state index in [-0.39, 0.29) is 11.2 Å². The van der Waals surface area contributed by atoms with Crippen molar-refractivity contribution in [1.82, 2.24) is 9.78 Å². The number of benzene rings is 2. The Balaban J connectivity index is 2.21. The maximum absolute atomic E-state index is 14.2. The molecule has 0 aliphatic carbocycles. The summed E-state index contributed by atoms with van der Waals surface area (Å²) in [7, 11) is 3.14. The van der Waals surface area contributed by atoms with E-state index in [1.165, 1.54) is 17.8 Å². The van der Waals surface area contributed by atoms with Crippen LogP contribution in [0.25, 0.3) is 11.3 Å². The molecule has 2 aromatic carbocycles. The van der Waals surface area contributed by atoms with Gasteiger partial charge in [-0.2, -0.15) is 5.10 Å². The van der Waals surface area contributed by atoms with Crippen LogP contribution in [-0.2, 0) is 11.8 Å². The average molecular weight is 425 g/mol. The minimum absolute atomic E-state index is 0.0573. The van der Waals surface area contributed by atoms with Crippen LogP contribution in [0.4, 0.5) is 31.5 Å². The third-order valence-corrected chi connectivity index (χ3v) is 4.67. The van der Waals surface area contributed by atoms with Crippen LogP contribution in [0.15, 0.2) is 53.8 Å². The van der Waals surface area contributed by atoms with Gasteiger partial charge in [0, 0.05) is 42.7 Å². The number of nitrogens with zero attached hydrogens (tertiary/aromatic N) is 2. The monoisotopic (exact) mass is 425 g/mol. The van der Waals surface area contributed by atoms with Crippen molar-refractivity contribution in [3.05, 3.63) is 76.6 Å². The molecule has 0 fully saturated rings. The summed E-state index contributed by atoms with van der Waals surface area (Å²) >= 11 is 0. The maximum Gasteiger partial charge on any atom is 0.290 e. The zero-order valence-corrected chi connectivity index (χ0v) is 17.2. The highest BCUT2D eigenvalue weighted by Crippen LogP contribution is 2.35. The molecule has 3 rings (SSSR count). The first-order chi connectivity index (χ1) is 14.7. The van der Waals surface area contributed by atoms with E-state index in [1.807, 2.05) is 0 Å². The predicted octanol–water partition coefficient (Wildman–Crippen LogP) is 3.94. The standard InChI is InChI=1S/C22H21F2N5O2/c1-5-19(30)26-14-7-9-17(27-18-8-6-13(23)10-16(18)24)15(11-14)20-12(2)21(25-3)22(31)29(4)28-20/h5-11,25,27H,1H2,2-4H3,(H,26,30). The minimum Gasteiger partial charge on any atom is -0.383 e. The van der Waals surface area contributed by atoms with E-state index in [0.717, 1.165) is 18.2 Å². The van der Waals surface area contributed by atoms with Crippen molar-refractivity contribution in [2.45, 2.75) is 6.92 Å². The molecule has 0 saturated carbocycles. The lowest BCUT2D eigenvalue weighted by Gasteiger charge is -2.17. The van der Waals surface area contributed by atoms with Gasteiger partial charge in [-0.3, -0.25) is 9.59 Å². The van der Waals surface area contributed by atoms with Crippen LogP contribution in [0, 0.1) is 18.6 Å². The summed E-state index contributed by atoms with van der Waals surface area (Å²) in [6.45, 7) is 5.16. The molecule has 31 heavy (non-hydrogen) atoms. The van der Waals surface area contributed by atoms with Crippen LogP contribution in [0.5, 0.6) is 0 Å². The number of aryl methyl sites for hydroxylation is 1. The Hall–Kier alpha value is -4.01. The quantitative estimate of drug-likeness (QED) is 0.521. The molecular formula is C22H21F2N5O2. The molecule has 1 amide bonds. The number of nitrogens with one attached hydrogen (secondary N) is 3. The highest BCUT2D eigenvalue weighted by Gasteiger charge is 2.18. The van der Waals surface area contributed by atoms with Gasteiger partial charge in [-0.25, -0.2) is 13.5 Å². The zero-order valence-electron chi connectivity index (χ0n) is 17.2. The molecule has 1 aromatic heterocycles. The summed E-state index contributed by atoms with van der Waals surface area (Å²) in [4.78, 5) is 24.1. The fourth-order valence-electron chi connectivity index (χ4n) is 3.12. The Kier molecular flexibility index (Phi) is 6.15. The lowest BCUT2D eigenvalue weighted by atomic mass is 10.0. The van der Waals surface area contributed by atoms with Crippen molar-refractivity contribution in [2.24, 2.45) is 7.05 Å². The molecule has 1 heterocycles. The number of amides is 1. The maximum atomic E-state index is 14.2. The first kappa shape index (κ1) is 21.7. The van der Waals surface area contributed by atoms with E-state index < -0.39 is 17.5 Å². The Morgan fingerprint density at radius 3 is 2.52 bits per heavy atom. The van der Waals surface area contributed by atoms with Crippen LogP contribution >= 0.6 is 0 Å². The fraction of sp³-hybridized carbons (Fsp3) is 0.136. The number of carbonyl (C=O) groups excluding carboxylic acids is 1. The van der Waals surface area contributed by atoms with Gasteiger partial charge in [-0.15, -0.1) is 0 Å². The molecule has 0 saturated heterocycles. The van der Waals surface area contributed by atoms with E-state index in [2.05, 4.69) is 27.6 Å². The van der Waals surface area contributed by atoms with Gasteiger partial charge in [0.25, 0.3) is 5.56 Å². The molecule has 0 atom stereocenters. The van der Waals surface area contributed by atoms with Crippen LogP contribution in [0.1, 0.15) is 5.56 Å². The van der Waals surface area contributed by atoms with Gasteiger partial charge in [0.1, 0.15) is 17.3 Å². The molecule has 9 heteroatoms. The summed E-state index contributed by atoms with van der Waals surface area (Å²) in [5.74, 6) is -1.87. The van der Waals surface area contributed by atoms with Crippen LogP contribution < -0.4 is 21.5 Å². The molecule has 0 bridgehead atoms. The van der Waals surface area contributed by atoms with E-state index in [9.17, 15) is 18.4 Å². The summed E-state index contributed by atoms with van der Waals surface area (Å²) in [5, 5.41) is 12.8. The van der Waals surface area contributed by atoms with Gasteiger partial charge in [0.15, 0.2) is 0 Å². The molecule has 3 N–H and O–H groups in total. The molecule has 0 aliphatic rings. The number of hydrogen-bond donors (Lipinski definition) is 3. The Bertz CT molecular complexity index is 1240. The van der Waals surface area contributed by atoms with Crippen LogP contribution in [0.3, 0.4) is 0 Å². The van der Waals surface area contributed by atoms with Crippen molar-refractivity contribution >= 4 is 28.7 Å². The van der Waals surface area contributed by atoms with Crippen LogP contribution in [0.2, 0.25) is 0 Å². The first-order valence-corrected chi connectivity index (χ1v) is 9.30. The van der Waals surface area contributed by atoms with Gasteiger partial charge >= 0.3 is 0 Å². The van der Waals surface area contributed by atoms with Crippen molar-refractivity contribution in [1.29, 1.82) is 0 Å². The number of anilines is 4. The summed E-state index contributed by atoms with van der Waals surface area (Å²) < 4.78 is 28.7. The first-order valence-electron chi connectivity index (χ1n) is 9.30. The zero-order chi connectivity index (χ0) is 22.7. The van der Waals surface area contributed by atoms with Crippen molar-refractivity contribution in [3.63, 3.8) is 0 Å². The largest absolute Gasteiger partial charge is 0.383 e. The lowest BCUT2D eigenvalue weighted by Crippen LogP contribution is -2.24. The molecule has 0 aliphatic heterocycles. The van der Waals surface area contributed by atoms with Crippen molar-refractivity contribution in [2.75, 3.05) is 23.0 Å². The number of rotatable bonds is 6. The lowest BCUT2D eigenvalue weighted by molar-refractivity contribution is -0.111.